The average Bonchev–Trinajstić information content (AvgIpc) is 3.02. The summed E-state index contributed by atoms with van der Waals surface area (Å²) in [7, 11) is 3.67. The third-order valence-corrected chi connectivity index (χ3v) is 6.12. The van der Waals surface area contributed by atoms with Crippen LogP contribution in [0, 0.1) is 12.8 Å². The van der Waals surface area contributed by atoms with Crippen molar-refractivity contribution in [1.29, 1.82) is 0 Å². The first-order chi connectivity index (χ1) is 12.4. The van der Waals surface area contributed by atoms with Crippen LogP contribution in [0.4, 0.5) is 0 Å². The highest BCUT2D eigenvalue weighted by Gasteiger charge is 2.45. The van der Waals surface area contributed by atoms with Crippen molar-refractivity contribution in [3.8, 4) is 0 Å². The van der Waals surface area contributed by atoms with Crippen molar-refractivity contribution in [2.45, 2.75) is 25.8 Å². The molecule has 0 saturated carbocycles. The SMILES string of the molecule is C=CCN1C[C@H](C(=O)N(C)C)C=C2c3ccc(C)c4[nH]cc(c34)CC21C. The molecule has 2 aromatic rings. The molecule has 0 radical (unpaired) electrons. The maximum Gasteiger partial charge on any atom is 0.230 e. The molecule has 2 heterocycles. The zero-order valence-electron chi connectivity index (χ0n) is 16.1. The standard InChI is InChI=1S/C22H27N3O/c1-6-9-25-13-15(21(26)24(4)5)10-18-17-8-7-14(2)20-19(17)16(12-23-20)11-22(18,25)3/h6-8,10,12,15,23H,1,9,11,13H2,2-5H3/t15-,22?/m1/s1. The maximum absolute atomic E-state index is 12.7. The Kier molecular flexibility index (Phi) is 3.85. The molecule has 2 atom stereocenters. The van der Waals surface area contributed by atoms with Gasteiger partial charge in [-0.2, -0.15) is 0 Å². The highest BCUT2D eigenvalue weighted by molar-refractivity contribution is 6.01. The summed E-state index contributed by atoms with van der Waals surface area (Å²) >= 11 is 0. The number of fused-ring (bicyclic) bond motifs is 2. The highest BCUT2D eigenvalue weighted by atomic mass is 16.2. The molecular weight excluding hydrogens is 322 g/mol. The topological polar surface area (TPSA) is 39.3 Å². The lowest BCUT2D eigenvalue weighted by Gasteiger charge is -2.49. The summed E-state index contributed by atoms with van der Waals surface area (Å²) in [6.07, 6.45) is 7.28. The number of aromatic nitrogens is 1. The van der Waals surface area contributed by atoms with E-state index in [0.717, 1.165) is 19.5 Å². The molecule has 1 aliphatic heterocycles. The quantitative estimate of drug-likeness (QED) is 0.863. The minimum atomic E-state index is -0.120. The zero-order valence-corrected chi connectivity index (χ0v) is 16.1. The second kappa shape index (κ2) is 5.85. The van der Waals surface area contributed by atoms with Crippen LogP contribution in [-0.2, 0) is 11.2 Å². The summed E-state index contributed by atoms with van der Waals surface area (Å²) in [5.41, 5.74) is 6.28. The Morgan fingerprint density at radius 1 is 1.46 bits per heavy atom. The van der Waals surface area contributed by atoms with Crippen molar-refractivity contribution < 1.29 is 4.79 Å². The van der Waals surface area contributed by atoms with Gasteiger partial charge < -0.3 is 9.88 Å². The number of H-pyrrole nitrogens is 1. The lowest BCUT2D eigenvalue weighted by atomic mass is 9.70. The molecule has 26 heavy (non-hydrogen) atoms. The average molecular weight is 349 g/mol. The molecule has 1 amide bonds. The van der Waals surface area contributed by atoms with Crippen molar-refractivity contribution in [3.05, 3.63) is 53.8 Å². The first-order valence-electron chi connectivity index (χ1n) is 9.26. The molecule has 0 fully saturated rings. The Labute approximate surface area is 155 Å². The fourth-order valence-electron chi connectivity index (χ4n) is 4.74. The molecule has 4 rings (SSSR count). The first kappa shape index (κ1) is 17.1. The van der Waals surface area contributed by atoms with Crippen LogP contribution < -0.4 is 0 Å². The number of carbonyl (C=O) groups excluding carboxylic acids is 1. The summed E-state index contributed by atoms with van der Waals surface area (Å²) < 4.78 is 0. The van der Waals surface area contributed by atoms with E-state index in [2.05, 4.69) is 54.7 Å². The molecule has 136 valence electrons. The molecule has 4 nitrogen and oxygen atoms in total. The number of aryl methyl sites for hydroxylation is 1. The number of nitrogens with zero attached hydrogens (tertiary/aromatic N) is 2. The van der Waals surface area contributed by atoms with Crippen LogP contribution in [0.5, 0.6) is 0 Å². The summed E-state index contributed by atoms with van der Waals surface area (Å²) in [5, 5.41) is 1.32. The second-order valence-corrected chi connectivity index (χ2v) is 8.06. The molecule has 2 aliphatic rings. The minimum Gasteiger partial charge on any atom is -0.361 e. The third kappa shape index (κ3) is 2.28. The summed E-state index contributed by atoms with van der Waals surface area (Å²) in [6, 6.07) is 4.41. The zero-order chi connectivity index (χ0) is 18.6. The Hall–Kier alpha value is -2.33. The molecule has 1 aromatic carbocycles. The van der Waals surface area contributed by atoms with E-state index in [0.29, 0.717) is 0 Å². The van der Waals surface area contributed by atoms with Crippen LogP contribution in [0.25, 0.3) is 16.5 Å². The minimum absolute atomic E-state index is 0.116. The van der Waals surface area contributed by atoms with Crippen LogP contribution in [0.1, 0.15) is 23.6 Å². The number of hydrogen-bond acceptors (Lipinski definition) is 2. The van der Waals surface area contributed by atoms with E-state index < -0.39 is 0 Å². The van der Waals surface area contributed by atoms with Gasteiger partial charge in [-0.25, -0.2) is 0 Å². The van der Waals surface area contributed by atoms with Gasteiger partial charge in [0.1, 0.15) is 0 Å². The van der Waals surface area contributed by atoms with Gasteiger partial charge in [0, 0.05) is 49.8 Å². The number of hydrogen-bond donors (Lipinski definition) is 1. The molecule has 1 N–H and O–H groups in total. The van der Waals surface area contributed by atoms with Crippen molar-refractivity contribution in [2.24, 2.45) is 5.92 Å². The third-order valence-electron chi connectivity index (χ3n) is 6.12. The van der Waals surface area contributed by atoms with Gasteiger partial charge in [0.25, 0.3) is 0 Å². The van der Waals surface area contributed by atoms with Crippen LogP contribution in [0.3, 0.4) is 0 Å². The smallest absolute Gasteiger partial charge is 0.230 e. The van der Waals surface area contributed by atoms with E-state index in [4.69, 9.17) is 0 Å². The molecule has 0 bridgehead atoms. The number of amides is 1. The lowest BCUT2D eigenvalue weighted by molar-refractivity contribution is -0.132. The Balaban J connectivity index is 1.94. The molecular formula is C22H27N3O. The molecule has 1 aromatic heterocycles. The van der Waals surface area contributed by atoms with E-state index in [1.54, 1.807) is 4.90 Å². The maximum atomic E-state index is 12.7. The van der Waals surface area contributed by atoms with E-state index in [1.807, 2.05) is 20.2 Å². The number of rotatable bonds is 3. The van der Waals surface area contributed by atoms with Crippen LogP contribution in [0.2, 0.25) is 0 Å². The van der Waals surface area contributed by atoms with Gasteiger partial charge in [-0.15, -0.1) is 6.58 Å². The van der Waals surface area contributed by atoms with Crippen molar-refractivity contribution in [2.75, 3.05) is 27.2 Å². The number of aromatic amines is 1. The first-order valence-corrected chi connectivity index (χ1v) is 9.26. The Morgan fingerprint density at radius 3 is 2.92 bits per heavy atom. The van der Waals surface area contributed by atoms with Gasteiger partial charge in [-0.05, 0) is 42.5 Å². The van der Waals surface area contributed by atoms with Gasteiger partial charge in [-0.1, -0.05) is 24.3 Å². The van der Waals surface area contributed by atoms with Gasteiger partial charge in [-0.3, -0.25) is 9.69 Å². The molecule has 4 heteroatoms. The number of benzene rings is 1. The van der Waals surface area contributed by atoms with Crippen LogP contribution in [-0.4, -0.2) is 53.4 Å². The molecule has 1 unspecified atom stereocenters. The van der Waals surface area contributed by atoms with Crippen LogP contribution in [0.15, 0.2) is 37.1 Å². The monoisotopic (exact) mass is 349 g/mol. The molecule has 0 spiro atoms. The number of carbonyl (C=O) groups is 1. The van der Waals surface area contributed by atoms with E-state index >= 15 is 0 Å². The largest absolute Gasteiger partial charge is 0.361 e. The van der Waals surface area contributed by atoms with E-state index in [9.17, 15) is 4.79 Å². The summed E-state index contributed by atoms with van der Waals surface area (Å²) in [5.74, 6) is 0.0432. The molecule has 1 aliphatic carbocycles. The fraction of sp³-hybridized carbons (Fsp3) is 0.409. The van der Waals surface area contributed by atoms with Crippen molar-refractivity contribution in [3.63, 3.8) is 0 Å². The van der Waals surface area contributed by atoms with Gasteiger partial charge in [0.15, 0.2) is 0 Å². The fourth-order valence-corrected chi connectivity index (χ4v) is 4.74. The Morgan fingerprint density at radius 2 is 2.23 bits per heavy atom. The van der Waals surface area contributed by atoms with Crippen LogP contribution >= 0.6 is 0 Å². The normalized spacial score (nSPS) is 24.9. The van der Waals surface area contributed by atoms with Gasteiger partial charge >= 0.3 is 0 Å². The summed E-state index contributed by atoms with van der Waals surface area (Å²) in [6.45, 7) is 9.91. The van der Waals surface area contributed by atoms with Gasteiger partial charge in [0.2, 0.25) is 5.91 Å². The predicted octanol–water partition coefficient (Wildman–Crippen LogP) is 3.38. The van der Waals surface area contributed by atoms with E-state index in [-0.39, 0.29) is 17.4 Å². The predicted molar refractivity (Wildman–Crippen MR) is 107 cm³/mol. The van der Waals surface area contributed by atoms with E-state index in [1.165, 1.54) is 33.2 Å². The van der Waals surface area contributed by atoms with Crippen molar-refractivity contribution >= 4 is 22.4 Å². The number of nitrogens with one attached hydrogen (secondary N) is 1. The van der Waals surface area contributed by atoms with Gasteiger partial charge in [0.05, 0.1) is 5.92 Å². The Bertz CT molecular complexity index is 936. The highest BCUT2D eigenvalue weighted by Crippen LogP contribution is 2.48. The summed E-state index contributed by atoms with van der Waals surface area (Å²) in [4.78, 5) is 20.3. The van der Waals surface area contributed by atoms with Crippen molar-refractivity contribution in [1.82, 2.24) is 14.8 Å². The lowest BCUT2D eigenvalue weighted by Crippen LogP contribution is -2.56. The second-order valence-electron chi connectivity index (χ2n) is 8.06. The molecule has 0 saturated heterocycles.